The summed E-state index contributed by atoms with van der Waals surface area (Å²) in [6, 6.07) is 5.43. The molecular weight excluding hydrogens is 258 g/mol. The van der Waals surface area contributed by atoms with Crippen LogP contribution in [0.25, 0.3) is 0 Å². The predicted octanol–water partition coefficient (Wildman–Crippen LogP) is 2.15. The van der Waals surface area contributed by atoms with E-state index in [0.29, 0.717) is 31.3 Å². The highest BCUT2D eigenvalue weighted by Crippen LogP contribution is 2.29. The van der Waals surface area contributed by atoms with Gasteiger partial charge in [0.05, 0.1) is 39.6 Å². The number of hydrogen-bond acceptors (Lipinski definition) is 5. The molecule has 0 spiro atoms. The minimum absolute atomic E-state index is 0.0288. The summed E-state index contributed by atoms with van der Waals surface area (Å²) in [6.45, 7) is 5.63. The highest BCUT2D eigenvalue weighted by atomic mass is 16.5. The van der Waals surface area contributed by atoms with Gasteiger partial charge in [-0.3, -0.25) is 0 Å². The number of nitrogens with two attached hydrogens (primary N) is 1. The van der Waals surface area contributed by atoms with E-state index in [4.69, 9.17) is 24.7 Å². The van der Waals surface area contributed by atoms with Crippen LogP contribution in [-0.2, 0) is 9.47 Å². The van der Waals surface area contributed by atoms with E-state index < -0.39 is 0 Å². The minimum atomic E-state index is -0.209. The maximum Gasteiger partial charge on any atom is 0.161 e. The van der Waals surface area contributed by atoms with Crippen LogP contribution < -0.4 is 15.2 Å². The first-order valence-corrected chi connectivity index (χ1v) is 6.79. The summed E-state index contributed by atoms with van der Waals surface area (Å²) >= 11 is 0. The molecule has 20 heavy (non-hydrogen) atoms. The third-order valence-corrected chi connectivity index (χ3v) is 2.95. The lowest BCUT2D eigenvalue weighted by atomic mass is 10.1. The molecule has 0 radical (unpaired) electrons. The van der Waals surface area contributed by atoms with E-state index in [1.54, 1.807) is 14.2 Å². The van der Waals surface area contributed by atoms with Gasteiger partial charge in [0, 0.05) is 6.61 Å². The predicted molar refractivity (Wildman–Crippen MR) is 78.4 cm³/mol. The van der Waals surface area contributed by atoms with Crippen molar-refractivity contribution < 1.29 is 18.9 Å². The molecule has 0 fully saturated rings. The Morgan fingerprint density at radius 2 is 1.80 bits per heavy atom. The first-order valence-electron chi connectivity index (χ1n) is 6.79. The van der Waals surface area contributed by atoms with Crippen molar-refractivity contribution in [3.63, 3.8) is 0 Å². The Morgan fingerprint density at radius 1 is 1.10 bits per heavy atom. The molecule has 2 unspecified atom stereocenters. The van der Waals surface area contributed by atoms with Crippen LogP contribution in [0.2, 0.25) is 0 Å². The fourth-order valence-electron chi connectivity index (χ4n) is 1.78. The van der Waals surface area contributed by atoms with Crippen molar-refractivity contribution in [3.05, 3.63) is 23.8 Å². The quantitative estimate of drug-likeness (QED) is 0.752. The molecule has 0 aliphatic carbocycles. The van der Waals surface area contributed by atoms with Gasteiger partial charge >= 0.3 is 0 Å². The zero-order valence-electron chi connectivity index (χ0n) is 12.7. The Morgan fingerprint density at radius 3 is 2.40 bits per heavy atom. The van der Waals surface area contributed by atoms with Gasteiger partial charge in [-0.05, 0) is 31.5 Å². The summed E-state index contributed by atoms with van der Waals surface area (Å²) < 4.78 is 21.4. The SMILES string of the molecule is CCOCC(C)OCC(N)c1ccc(OC)c(OC)c1. The zero-order chi connectivity index (χ0) is 15.0. The topological polar surface area (TPSA) is 62.9 Å². The Kier molecular flexibility index (Phi) is 7.36. The van der Waals surface area contributed by atoms with Crippen LogP contribution in [0.3, 0.4) is 0 Å². The van der Waals surface area contributed by atoms with Gasteiger partial charge < -0.3 is 24.7 Å². The molecule has 5 heteroatoms. The monoisotopic (exact) mass is 283 g/mol. The van der Waals surface area contributed by atoms with Crippen LogP contribution in [0.5, 0.6) is 11.5 Å². The number of methoxy groups -OCH3 is 2. The normalized spacial score (nSPS) is 13.8. The van der Waals surface area contributed by atoms with E-state index in [1.165, 1.54) is 0 Å². The van der Waals surface area contributed by atoms with Gasteiger partial charge in [-0.1, -0.05) is 6.07 Å². The molecule has 0 amide bonds. The Labute approximate surface area is 121 Å². The first-order chi connectivity index (χ1) is 9.62. The number of rotatable bonds is 9. The molecule has 0 saturated heterocycles. The van der Waals surface area contributed by atoms with Gasteiger partial charge in [-0.15, -0.1) is 0 Å². The highest BCUT2D eigenvalue weighted by molar-refractivity contribution is 5.43. The van der Waals surface area contributed by atoms with Gasteiger partial charge in [0.25, 0.3) is 0 Å². The van der Waals surface area contributed by atoms with Crippen LogP contribution in [0.1, 0.15) is 25.5 Å². The fraction of sp³-hybridized carbons (Fsp3) is 0.600. The summed E-state index contributed by atoms with van der Waals surface area (Å²) in [6.07, 6.45) is 0.0288. The molecule has 0 saturated carbocycles. The molecule has 0 bridgehead atoms. The first kappa shape index (κ1) is 16.8. The van der Waals surface area contributed by atoms with Crippen LogP contribution in [-0.4, -0.2) is 40.1 Å². The lowest BCUT2D eigenvalue weighted by molar-refractivity contribution is -0.00837. The van der Waals surface area contributed by atoms with Gasteiger partial charge in [-0.25, -0.2) is 0 Å². The maximum atomic E-state index is 6.12. The van der Waals surface area contributed by atoms with E-state index in [2.05, 4.69) is 0 Å². The van der Waals surface area contributed by atoms with Crippen molar-refractivity contribution in [2.24, 2.45) is 5.73 Å². The average Bonchev–Trinajstić information content (AvgIpc) is 2.49. The molecule has 2 atom stereocenters. The van der Waals surface area contributed by atoms with E-state index >= 15 is 0 Å². The lowest BCUT2D eigenvalue weighted by Crippen LogP contribution is -2.23. The van der Waals surface area contributed by atoms with Crippen LogP contribution in [0.4, 0.5) is 0 Å². The van der Waals surface area contributed by atoms with Crippen molar-refractivity contribution in [1.29, 1.82) is 0 Å². The van der Waals surface area contributed by atoms with E-state index in [0.717, 1.165) is 5.56 Å². The summed E-state index contributed by atoms with van der Waals surface area (Å²) in [7, 11) is 3.21. The van der Waals surface area contributed by atoms with Crippen molar-refractivity contribution in [3.8, 4) is 11.5 Å². The number of hydrogen-bond donors (Lipinski definition) is 1. The molecule has 1 rings (SSSR count). The van der Waals surface area contributed by atoms with Gasteiger partial charge in [0.1, 0.15) is 0 Å². The van der Waals surface area contributed by atoms with Gasteiger partial charge in [-0.2, -0.15) is 0 Å². The van der Waals surface area contributed by atoms with E-state index in [9.17, 15) is 0 Å². The third kappa shape index (κ3) is 5.00. The molecule has 1 aromatic carbocycles. The van der Waals surface area contributed by atoms with E-state index in [-0.39, 0.29) is 12.1 Å². The fourth-order valence-corrected chi connectivity index (χ4v) is 1.78. The Hall–Kier alpha value is -1.30. The molecule has 0 aliphatic rings. The molecule has 2 N–H and O–H groups in total. The smallest absolute Gasteiger partial charge is 0.161 e. The highest BCUT2D eigenvalue weighted by Gasteiger charge is 2.12. The molecular formula is C15H25NO4. The largest absolute Gasteiger partial charge is 0.493 e. The van der Waals surface area contributed by atoms with E-state index in [1.807, 2.05) is 32.0 Å². The van der Waals surface area contributed by atoms with Crippen molar-refractivity contribution in [2.75, 3.05) is 34.0 Å². The number of benzene rings is 1. The lowest BCUT2D eigenvalue weighted by Gasteiger charge is -2.18. The molecule has 0 aliphatic heterocycles. The van der Waals surface area contributed by atoms with Gasteiger partial charge in [0.2, 0.25) is 0 Å². The van der Waals surface area contributed by atoms with Crippen molar-refractivity contribution in [2.45, 2.75) is 26.0 Å². The van der Waals surface area contributed by atoms with Crippen molar-refractivity contribution >= 4 is 0 Å². The second kappa shape index (κ2) is 8.79. The Bertz CT molecular complexity index is 397. The standard InChI is InChI=1S/C15H25NO4/c1-5-19-9-11(2)20-10-13(16)12-6-7-14(17-3)15(8-12)18-4/h6-8,11,13H,5,9-10,16H2,1-4H3. The van der Waals surface area contributed by atoms with Gasteiger partial charge in [0.15, 0.2) is 11.5 Å². The summed E-state index contributed by atoms with van der Waals surface area (Å²) in [4.78, 5) is 0. The molecule has 0 heterocycles. The summed E-state index contributed by atoms with van der Waals surface area (Å²) in [5.41, 5.74) is 7.08. The summed E-state index contributed by atoms with van der Waals surface area (Å²) in [5, 5.41) is 0. The molecule has 114 valence electrons. The summed E-state index contributed by atoms with van der Waals surface area (Å²) in [5.74, 6) is 1.36. The molecule has 5 nitrogen and oxygen atoms in total. The van der Waals surface area contributed by atoms with Crippen LogP contribution in [0.15, 0.2) is 18.2 Å². The second-order valence-electron chi connectivity index (χ2n) is 4.52. The average molecular weight is 283 g/mol. The third-order valence-electron chi connectivity index (χ3n) is 2.95. The minimum Gasteiger partial charge on any atom is -0.493 e. The maximum absolute atomic E-state index is 6.12. The zero-order valence-corrected chi connectivity index (χ0v) is 12.7. The molecule has 0 aromatic heterocycles. The number of ether oxygens (including phenoxy) is 4. The van der Waals surface area contributed by atoms with Crippen molar-refractivity contribution in [1.82, 2.24) is 0 Å². The molecule has 1 aromatic rings. The van der Waals surface area contributed by atoms with Crippen LogP contribution in [0, 0.1) is 0 Å². The second-order valence-corrected chi connectivity index (χ2v) is 4.52. The Balaban J connectivity index is 2.56. The van der Waals surface area contributed by atoms with Crippen LogP contribution >= 0.6 is 0 Å².